The number of para-hydroxylation sites is 1. The highest BCUT2D eigenvalue weighted by Crippen LogP contribution is 2.25. The summed E-state index contributed by atoms with van der Waals surface area (Å²) < 4.78 is 27.6. The zero-order valence-electron chi connectivity index (χ0n) is 17.5. The average Bonchev–Trinajstić information content (AvgIpc) is 2.77. The van der Waals surface area contributed by atoms with Crippen molar-refractivity contribution in [2.45, 2.75) is 18.7 Å². The lowest BCUT2D eigenvalue weighted by molar-refractivity contribution is -0.119. The van der Waals surface area contributed by atoms with Crippen LogP contribution in [-0.4, -0.2) is 31.7 Å². The third kappa shape index (κ3) is 5.46. The number of carbonyl (C=O) groups excluding carboxylic acids is 1. The standard InChI is InChI=1S/C23H22ClN3O4S/c1-16-7-13-20(14-8-16)32(30,31)27(19-11-9-18(24)10-12-19)15-23(29)26-25-17(2)21-5-3-4-6-22(21)28/h3-14,28H,15H2,1-2H3,(H,26,29)/b25-17-. The van der Waals surface area contributed by atoms with Crippen molar-refractivity contribution in [2.75, 3.05) is 10.8 Å². The van der Waals surface area contributed by atoms with Crippen molar-refractivity contribution in [3.63, 3.8) is 0 Å². The molecule has 7 nitrogen and oxygen atoms in total. The molecule has 3 aromatic rings. The summed E-state index contributed by atoms with van der Waals surface area (Å²) in [7, 11) is -4.04. The molecule has 0 fully saturated rings. The van der Waals surface area contributed by atoms with E-state index in [1.54, 1.807) is 49.4 Å². The molecule has 0 aliphatic rings. The van der Waals surface area contributed by atoms with Gasteiger partial charge in [0, 0.05) is 10.6 Å². The predicted octanol–water partition coefficient (Wildman–Crippen LogP) is 4.09. The summed E-state index contributed by atoms with van der Waals surface area (Å²) in [5.41, 5.74) is 4.38. The number of amides is 1. The van der Waals surface area contributed by atoms with Crippen LogP contribution in [0.25, 0.3) is 0 Å². The molecule has 3 aromatic carbocycles. The molecular weight excluding hydrogens is 450 g/mol. The van der Waals surface area contributed by atoms with Crippen molar-refractivity contribution >= 4 is 38.9 Å². The predicted molar refractivity (Wildman–Crippen MR) is 126 cm³/mol. The number of halogens is 1. The number of hydrogen-bond donors (Lipinski definition) is 2. The quantitative estimate of drug-likeness (QED) is 0.400. The van der Waals surface area contributed by atoms with Crippen molar-refractivity contribution < 1.29 is 18.3 Å². The van der Waals surface area contributed by atoms with Gasteiger partial charge in [0.15, 0.2) is 0 Å². The van der Waals surface area contributed by atoms with Gasteiger partial charge in [-0.2, -0.15) is 5.10 Å². The summed E-state index contributed by atoms with van der Waals surface area (Å²) in [4.78, 5) is 12.7. The van der Waals surface area contributed by atoms with Crippen LogP contribution in [0.3, 0.4) is 0 Å². The van der Waals surface area contributed by atoms with Gasteiger partial charge >= 0.3 is 0 Å². The van der Waals surface area contributed by atoms with Gasteiger partial charge in [0.05, 0.1) is 16.3 Å². The van der Waals surface area contributed by atoms with Crippen LogP contribution in [0.5, 0.6) is 5.75 Å². The van der Waals surface area contributed by atoms with Gasteiger partial charge in [-0.05, 0) is 62.4 Å². The van der Waals surface area contributed by atoms with Gasteiger partial charge in [-0.25, -0.2) is 13.8 Å². The van der Waals surface area contributed by atoms with Crippen LogP contribution in [0.1, 0.15) is 18.1 Å². The number of hydrogen-bond acceptors (Lipinski definition) is 5. The van der Waals surface area contributed by atoms with Gasteiger partial charge < -0.3 is 5.11 Å². The molecule has 3 rings (SSSR count). The van der Waals surface area contributed by atoms with Crippen molar-refractivity contribution in [2.24, 2.45) is 5.10 Å². The second kappa shape index (κ2) is 9.84. The Kier molecular flexibility index (Phi) is 7.17. The van der Waals surface area contributed by atoms with E-state index in [9.17, 15) is 18.3 Å². The summed E-state index contributed by atoms with van der Waals surface area (Å²) in [5, 5.41) is 14.4. The van der Waals surface area contributed by atoms with Gasteiger partial charge in [-0.15, -0.1) is 0 Å². The van der Waals surface area contributed by atoms with Crippen molar-refractivity contribution in [1.29, 1.82) is 0 Å². The Labute approximate surface area is 192 Å². The molecule has 0 spiro atoms. The number of rotatable bonds is 7. The summed E-state index contributed by atoms with van der Waals surface area (Å²) in [5.74, 6) is -0.627. The van der Waals surface area contributed by atoms with E-state index in [-0.39, 0.29) is 16.3 Å². The SMILES string of the molecule is C/C(=N/NC(=O)CN(c1ccc(Cl)cc1)S(=O)(=O)c1ccc(C)cc1)c1ccccc1O. The van der Waals surface area contributed by atoms with Gasteiger partial charge in [-0.3, -0.25) is 9.10 Å². The van der Waals surface area contributed by atoms with Crippen LogP contribution in [0.2, 0.25) is 5.02 Å². The number of carbonyl (C=O) groups is 1. The second-order valence-corrected chi connectivity index (χ2v) is 9.35. The average molecular weight is 472 g/mol. The summed E-state index contributed by atoms with van der Waals surface area (Å²) in [6.45, 7) is 2.97. The topological polar surface area (TPSA) is 99.1 Å². The van der Waals surface area contributed by atoms with E-state index >= 15 is 0 Å². The maximum absolute atomic E-state index is 13.3. The minimum atomic E-state index is -4.04. The molecule has 0 radical (unpaired) electrons. The molecule has 2 N–H and O–H groups in total. The van der Waals surface area contributed by atoms with E-state index in [0.29, 0.717) is 16.3 Å². The number of anilines is 1. The Bertz CT molecular complexity index is 1240. The fraction of sp³-hybridized carbons (Fsp3) is 0.130. The highest BCUT2D eigenvalue weighted by molar-refractivity contribution is 7.92. The van der Waals surface area contributed by atoms with Gasteiger partial charge in [0.1, 0.15) is 12.3 Å². The zero-order chi connectivity index (χ0) is 23.3. The molecule has 0 aliphatic carbocycles. The first-order chi connectivity index (χ1) is 15.2. The molecule has 1 amide bonds. The Hall–Kier alpha value is -3.36. The fourth-order valence-electron chi connectivity index (χ4n) is 2.91. The van der Waals surface area contributed by atoms with Gasteiger partial charge in [0.2, 0.25) is 0 Å². The summed E-state index contributed by atoms with van der Waals surface area (Å²) in [6, 6.07) is 19.1. The maximum atomic E-state index is 13.3. The highest BCUT2D eigenvalue weighted by Gasteiger charge is 2.27. The number of hydrazone groups is 1. The Morgan fingerprint density at radius 1 is 1.03 bits per heavy atom. The minimum Gasteiger partial charge on any atom is -0.507 e. The molecule has 0 bridgehead atoms. The molecule has 32 heavy (non-hydrogen) atoms. The van der Waals surface area contributed by atoms with E-state index in [2.05, 4.69) is 10.5 Å². The van der Waals surface area contributed by atoms with Crippen LogP contribution < -0.4 is 9.73 Å². The zero-order valence-corrected chi connectivity index (χ0v) is 19.1. The second-order valence-electron chi connectivity index (χ2n) is 7.05. The largest absolute Gasteiger partial charge is 0.507 e. The van der Waals surface area contributed by atoms with E-state index in [4.69, 9.17) is 11.6 Å². The monoisotopic (exact) mass is 471 g/mol. The van der Waals surface area contributed by atoms with Crippen LogP contribution in [0, 0.1) is 6.92 Å². The Balaban J connectivity index is 1.88. The molecule has 0 heterocycles. The summed E-state index contributed by atoms with van der Waals surface area (Å²) >= 11 is 5.94. The lowest BCUT2D eigenvalue weighted by Crippen LogP contribution is -2.39. The summed E-state index contributed by atoms with van der Waals surface area (Å²) in [6.07, 6.45) is 0. The van der Waals surface area contributed by atoms with Crippen molar-refractivity contribution in [1.82, 2.24) is 5.43 Å². The van der Waals surface area contributed by atoms with Crippen molar-refractivity contribution in [3.05, 3.63) is 88.9 Å². The maximum Gasteiger partial charge on any atom is 0.264 e. The number of sulfonamides is 1. The first-order valence-electron chi connectivity index (χ1n) is 9.65. The minimum absolute atomic E-state index is 0.0211. The van der Waals surface area contributed by atoms with Crippen LogP contribution in [0.4, 0.5) is 5.69 Å². The van der Waals surface area contributed by atoms with Crippen molar-refractivity contribution in [3.8, 4) is 5.75 Å². The molecule has 9 heteroatoms. The van der Waals surface area contributed by atoms with E-state index < -0.39 is 22.5 Å². The van der Waals surface area contributed by atoms with Gasteiger partial charge in [-0.1, -0.05) is 41.4 Å². The Morgan fingerprint density at radius 3 is 2.28 bits per heavy atom. The first-order valence-corrected chi connectivity index (χ1v) is 11.5. The van der Waals surface area contributed by atoms with Crippen LogP contribution in [0.15, 0.2) is 82.8 Å². The first kappa shape index (κ1) is 23.3. The fourth-order valence-corrected chi connectivity index (χ4v) is 4.46. The number of nitrogens with zero attached hydrogens (tertiary/aromatic N) is 2. The number of nitrogens with one attached hydrogen (secondary N) is 1. The lowest BCUT2D eigenvalue weighted by Gasteiger charge is -2.24. The van der Waals surface area contributed by atoms with E-state index in [1.165, 1.54) is 30.3 Å². The molecule has 0 saturated carbocycles. The van der Waals surface area contributed by atoms with E-state index in [0.717, 1.165) is 9.87 Å². The number of aryl methyl sites for hydroxylation is 1. The number of benzene rings is 3. The smallest absolute Gasteiger partial charge is 0.264 e. The third-order valence-electron chi connectivity index (χ3n) is 4.65. The number of phenols is 1. The normalized spacial score (nSPS) is 11.8. The van der Waals surface area contributed by atoms with Gasteiger partial charge in [0.25, 0.3) is 15.9 Å². The number of aromatic hydroxyl groups is 1. The molecule has 0 aliphatic heterocycles. The molecule has 0 atom stereocenters. The molecule has 0 saturated heterocycles. The van der Waals surface area contributed by atoms with Crippen LogP contribution in [-0.2, 0) is 14.8 Å². The van der Waals surface area contributed by atoms with E-state index in [1.807, 2.05) is 6.92 Å². The molecule has 0 aromatic heterocycles. The molecular formula is C23H22ClN3O4S. The lowest BCUT2D eigenvalue weighted by atomic mass is 10.1. The molecule has 166 valence electrons. The third-order valence-corrected chi connectivity index (χ3v) is 6.69. The Morgan fingerprint density at radius 2 is 1.66 bits per heavy atom. The number of phenolic OH excluding ortho intramolecular Hbond substituents is 1. The highest BCUT2D eigenvalue weighted by atomic mass is 35.5. The van der Waals surface area contributed by atoms with Crippen LogP contribution >= 0.6 is 11.6 Å². The molecule has 0 unspecified atom stereocenters.